The minimum atomic E-state index is -6.09. The van der Waals surface area contributed by atoms with E-state index >= 15 is 0 Å². The van der Waals surface area contributed by atoms with Gasteiger partial charge in [0.2, 0.25) is 0 Å². The molecule has 0 aliphatic heterocycles. The molecule has 2 rings (SSSR count). The average molecular weight is 410 g/mol. The van der Waals surface area contributed by atoms with Gasteiger partial charge in [0, 0.05) is 0 Å². The molecule has 132 valence electrons. The zero-order chi connectivity index (χ0) is 17.0. The molecule has 2 aliphatic rings. The summed E-state index contributed by atoms with van der Waals surface area (Å²) >= 11 is -6.09. The van der Waals surface area contributed by atoms with Crippen LogP contribution in [0.4, 0.5) is 5.25 Å². The molecule has 2 fully saturated rings. The molecule has 4 nitrogen and oxygen atoms in total. The summed E-state index contributed by atoms with van der Waals surface area (Å²) in [7, 11) is 2.41. The van der Waals surface area contributed by atoms with Crippen LogP contribution in [0.25, 0.3) is 0 Å². The van der Waals surface area contributed by atoms with Crippen molar-refractivity contribution in [1.29, 1.82) is 0 Å². The van der Waals surface area contributed by atoms with E-state index in [1.54, 1.807) is 0 Å². The fourth-order valence-corrected chi connectivity index (χ4v) is 7.04. The van der Waals surface area contributed by atoms with Crippen molar-refractivity contribution in [2.45, 2.75) is 64.2 Å². The zero-order valence-electron chi connectivity index (χ0n) is 14.2. The molecule has 0 N–H and O–H groups in total. The predicted octanol–water partition coefficient (Wildman–Crippen LogP) is 3.82. The number of nitrogens with zero attached hydrogens (tertiary/aromatic N) is 2. The van der Waals surface area contributed by atoms with Crippen molar-refractivity contribution < 1.29 is 36.9 Å². The molecule has 0 heterocycles. The van der Waals surface area contributed by atoms with E-state index in [-0.39, 0.29) is 11.8 Å². The van der Waals surface area contributed by atoms with Crippen LogP contribution in [-0.4, -0.2) is 31.6 Å². The first-order valence-corrected chi connectivity index (χ1v) is 12.8. The third-order valence-electron chi connectivity index (χ3n) is 5.38. The number of carbonyl (C=O) groups excluding carboxylic acids is 2. The Kier molecular flexibility index (Phi) is 6.76. The Bertz CT molecular complexity index is 398. The van der Waals surface area contributed by atoms with E-state index in [1.165, 1.54) is 14.1 Å². The van der Waals surface area contributed by atoms with Crippen LogP contribution >= 0.6 is 0 Å². The monoisotopic (exact) mass is 408 g/mol. The number of hydrogen-bond acceptors (Lipinski definition) is 2. The van der Waals surface area contributed by atoms with Crippen LogP contribution in [0, 0.1) is 11.8 Å². The topological polar surface area (TPSA) is 40.6 Å². The van der Waals surface area contributed by atoms with Crippen LogP contribution in [0.2, 0.25) is 0 Å². The van der Waals surface area contributed by atoms with Gasteiger partial charge in [0.25, 0.3) is 0 Å². The molecule has 0 radical (unpaired) electrons. The van der Waals surface area contributed by atoms with E-state index in [4.69, 9.17) is 0 Å². The van der Waals surface area contributed by atoms with E-state index in [1.807, 2.05) is 0 Å². The number of rotatable bonds is 4. The van der Waals surface area contributed by atoms with Crippen molar-refractivity contribution in [3.05, 3.63) is 0 Å². The molecule has 0 bridgehead atoms. The molecule has 2 saturated carbocycles. The van der Waals surface area contributed by atoms with Crippen LogP contribution in [0.3, 0.4) is 0 Å². The van der Waals surface area contributed by atoms with Gasteiger partial charge in [0.15, 0.2) is 0 Å². The second-order valence-electron chi connectivity index (χ2n) is 6.97. The van der Waals surface area contributed by atoms with Crippen molar-refractivity contribution in [3.63, 3.8) is 0 Å². The third-order valence-corrected chi connectivity index (χ3v) is 10.4. The fraction of sp³-hybridized carbons (Fsp3) is 0.875. The number of halogens is 2. The molecular formula is C16H28F2N2O2Zr. The Morgan fingerprint density at radius 3 is 1.35 bits per heavy atom. The van der Waals surface area contributed by atoms with Crippen molar-refractivity contribution in [3.8, 4) is 0 Å². The van der Waals surface area contributed by atoms with Crippen LogP contribution in [-0.2, 0) is 31.7 Å². The zero-order valence-corrected chi connectivity index (χ0v) is 16.7. The van der Waals surface area contributed by atoms with Crippen LogP contribution in [0.1, 0.15) is 64.2 Å². The van der Waals surface area contributed by atoms with Gasteiger partial charge in [-0.3, -0.25) is 0 Å². The summed E-state index contributed by atoms with van der Waals surface area (Å²) in [6.07, 6.45) is 8.68. The molecule has 0 spiro atoms. The predicted molar refractivity (Wildman–Crippen MR) is 80.9 cm³/mol. The maximum absolute atomic E-state index is 14.8. The van der Waals surface area contributed by atoms with Crippen molar-refractivity contribution in [2.24, 2.45) is 11.8 Å². The summed E-state index contributed by atoms with van der Waals surface area (Å²) in [6, 6.07) is 0. The third kappa shape index (κ3) is 4.40. The summed E-state index contributed by atoms with van der Waals surface area (Å²) < 4.78 is 31.1. The van der Waals surface area contributed by atoms with E-state index in [0.717, 1.165) is 38.5 Å². The molecule has 2 aliphatic carbocycles. The molecule has 0 aromatic rings. The van der Waals surface area contributed by atoms with Gasteiger partial charge >= 0.3 is 145 Å². The molecule has 0 aromatic heterocycles. The van der Waals surface area contributed by atoms with E-state index in [9.17, 15) is 14.8 Å². The van der Waals surface area contributed by atoms with Gasteiger partial charge in [-0.25, -0.2) is 0 Å². The quantitative estimate of drug-likeness (QED) is 0.708. The van der Waals surface area contributed by atoms with Gasteiger partial charge in [-0.15, -0.1) is 0 Å². The summed E-state index contributed by atoms with van der Waals surface area (Å²) in [6.45, 7) is 0. The summed E-state index contributed by atoms with van der Waals surface area (Å²) in [5, 5.41) is 0. The van der Waals surface area contributed by atoms with Gasteiger partial charge in [-0.05, 0) is 0 Å². The molecule has 23 heavy (non-hydrogen) atoms. The normalized spacial score (nSPS) is 21.0. The maximum atomic E-state index is 14.8. The number of hydrogen-bond donors (Lipinski definition) is 0. The second-order valence-corrected chi connectivity index (χ2v) is 12.8. The van der Waals surface area contributed by atoms with Crippen LogP contribution in [0.15, 0.2) is 0 Å². The summed E-state index contributed by atoms with van der Waals surface area (Å²) in [5.41, 5.74) is 0. The average Bonchev–Trinajstić information content (AvgIpc) is 2.60. The first kappa shape index (κ1) is 19.0. The van der Waals surface area contributed by atoms with E-state index < -0.39 is 33.9 Å². The molecular weight excluding hydrogens is 381 g/mol. The second kappa shape index (κ2) is 8.18. The van der Waals surface area contributed by atoms with E-state index in [0.29, 0.717) is 31.4 Å². The summed E-state index contributed by atoms with van der Waals surface area (Å²) in [5.74, 6) is -1.47. The standard InChI is InChI=1S/2C8H15NO.2FH.Zr/c2*1-9-8(10)7-5-3-2-4-6-7;;;/h2*7H,2-6H2,1H3,(H,9,10);2*1H;/q;;;;+4/p-4. The minimum absolute atomic E-state index is 0.283. The molecule has 0 atom stereocenters. The first-order chi connectivity index (χ1) is 10.9. The Balaban J connectivity index is 2.02. The number of carbonyl (C=O) groups is 2. The molecule has 0 aromatic carbocycles. The van der Waals surface area contributed by atoms with Gasteiger partial charge in [0.05, 0.1) is 0 Å². The van der Waals surface area contributed by atoms with Crippen LogP contribution in [0.5, 0.6) is 0 Å². The van der Waals surface area contributed by atoms with E-state index in [2.05, 4.69) is 0 Å². The summed E-state index contributed by atoms with van der Waals surface area (Å²) in [4.78, 5) is 24.8. The Labute approximate surface area is 144 Å². The molecule has 2 amide bonds. The van der Waals surface area contributed by atoms with Crippen molar-refractivity contribution in [1.82, 2.24) is 5.69 Å². The number of amides is 2. The molecule has 0 unspecified atom stereocenters. The molecule has 0 saturated heterocycles. The molecule has 7 heteroatoms. The van der Waals surface area contributed by atoms with Crippen molar-refractivity contribution >= 4 is 11.8 Å². The van der Waals surface area contributed by atoms with Gasteiger partial charge < -0.3 is 0 Å². The van der Waals surface area contributed by atoms with Gasteiger partial charge in [-0.1, -0.05) is 0 Å². The van der Waals surface area contributed by atoms with Gasteiger partial charge in [0.1, 0.15) is 0 Å². The fourth-order valence-electron chi connectivity index (χ4n) is 3.74. The van der Waals surface area contributed by atoms with Crippen LogP contribution < -0.4 is 0 Å². The Hall–Kier alpha value is -0.317. The van der Waals surface area contributed by atoms with Gasteiger partial charge in [-0.2, -0.15) is 0 Å². The Morgan fingerprint density at radius 2 is 1.04 bits per heavy atom. The van der Waals surface area contributed by atoms with Crippen molar-refractivity contribution in [2.75, 3.05) is 14.1 Å². The first-order valence-electron chi connectivity index (χ1n) is 8.79. The SMILES string of the molecule is C[N](C(=O)C1CCCCC1)[Zr]([F])([F])[N](C)C(=O)C1CCCCC1. The Morgan fingerprint density at radius 1 is 0.739 bits per heavy atom.